The molecule has 1 unspecified atom stereocenters. The molecule has 2 aliphatic rings. The highest BCUT2D eigenvalue weighted by molar-refractivity contribution is 7.87. The van der Waals surface area contributed by atoms with E-state index in [0.717, 1.165) is 12.8 Å². The minimum atomic E-state index is -3.50. The maximum atomic E-state index is 12.1. The number of nitrogens with one attached hydrogen (secondary N) is 1. The lowest BCUT2D eigenvalue weighted by Crippen LogP contribution is -2.53. The normalized spacial score (nSPS) is 24.5. The second-order valence-electron chi connectivity index (χ2n) is 4.35. The molecule has 1 aliphatic heterocycles. The smallest absolute Gasteiger partial charge is 0.280 e. The fraction of sp³-hybridized carbons (Fsp3) is 0.889. The Labute approximate surface area is 107 Å². The maximum Gasteiger partial charge on any atom is 0.280 e. The third kappa shape index (κ3) is 3.35. The van der Waals surface area contributed by atoms with Crippen molar-refractivity contribution in [3.63, 3.8) is 0 Å². The van der Waals surface area contributed by atoms with E-state index in [-0.39, 0.29) is 10.9 Å². The van der Waals surface area contributed by atoms with E-state index in [9.17, 15) is 8.42 Å². The molecule has 98 valence electrons. The Hall–Kier alpha value is -0.280. The van der Waals surface area contributed by atoms with Gasteiger partial charge in [0.15, 0.2) is 0 Å². The summed E-state index contributed by atoms with van der Waals surface area (Å²) in [5, 5.41) is 0. The van der Waals surface area contributed by atoms with Crippen molar-refractivity contribution in [2.24, 2.45) is 11.7 Å². The molecule has 2 rings (SSSR count). The van der Waals surface area contributed by atoms with E-state index in [4.69, 9.17) is 22.7 Å². The molecule has 0 spiro atoms. The zero-order valence-corrected chi connectivity index (χ0v) is 11.1. The lowest BCUT2D eigenvalue weighted by Gasteiger charge is -2.28. The molecule has 0 aromatic heterocycles. The average molecular weight is 279 g/mol. The number of rotatable bonds is 5. The Balaban J connectivity index is 2.01. The Morgan fingerprint density at radius 1 is 1.41 bits per heavy atom. The van der Waals surface area contributed by atoms with E-state index in [1.807, 2.05) is 0 Å². The van der Waals surface area contributed by atoms with Crippen LogP contribution in [0.1, 0.15) is 12.8 Å². The van der Waals surface area contributed by atoms with Crippen LogP contribution in [0, 0.1) is 5.92 Å². The molecule has 0 radical (unpaired) electrons. The molecule has 2 fully saturated rings. The Morgan fingerprint density at radius 3 is 2.47 bits per heavy atom. The van der Waals surface area contributed by atoms with Crippen molar-refractivity contribution >= 4 is 27.4 Å². The van der Waals surface area contributed by atoms with Crippen LogP contribution in [0.4, 0.5) is 0 Å². The van der Waals surface area contributed by atoms with Crippen molar-refractivity contribution in [3.05, 3.63) is 0 Å². The van der Waals surface area contributed by atoms with E-state index in [1.54, 1.807) is 0 Å². The lowest BCUT2D eigenvalue weighted by molar-refractivity contribution is 0.0724. The van der Waals surface area contributed by atoms with Gasteiger partial charge in [0.1, 0.15) is 0 Å². The first-order valence-corrected chi connectivity index (χ1v) is 7.50. The molecule has 0 amide bonds. The zero-order valence-electron chi connectivity index (χ0n) is 9.46. The predicted molar refractivity (Wildman–Crippen MR) is 67.7 cm³/mol. The Kier molecular flexibility index (Phi) is 3.99. The van der Waals surface area contributed by atoms with Crippen LogP contribution in [-0.2, 0) is 14.9 Å². The molecular formula is C9H17N3O3S2. The van der Waals surface area contributed by atoms with Crippen LogP contribution in [0.5, 0.6) is 0 Å². The van der Waals surface area contributed by atoms with Gasteiger partial charge in [0, 0.05) is 13.1 Å². The number of nitrogens with zero attached hydrogens (tertiary/aromatic N) is 1. The second-order valence-corrected chi connectivity index (χ2v) is 6.53. The molecule has 1 saturated heterocycles. The number of hydrogen-bond acceptors (Lipinski definition) is 4. The predicted octanol–water partition coefficient (Wildman–Crippen LogP) is -0.782. The summed E-state index contributed by atoms with van der Waals surface area (Å²) in [5.74, 6) is 0.267. The van der Waals surface area contributed by atoms with Gasteiger partial charge in [-0.2, -0.15) is 17.4 Å². The first kappa shape index (κ1) is 13.2. The number of hydrogen-bond donors (Lipinski definition) is 2. The summed E-state index contributed by atoms with van der Waals surface area (Å²) in [5.41, 5.74) is 5.58. The minimum Gasteiger partial charge on any atom is -0.392 e. The first-order valence-electron chi connectivity index (χ1n) is 5.65. The molecular weight excluding hydrogens is 262 g/mol. The maximum absolute atomic E-state index is 12.1. The lowest BCUT2D eigenvalue weighted by atomic mass is 10.2. The molecule has 1 atom stereocenters. The first-order chi connectivity index (χ1) is 8.00. The summed E-state index contributed by atoms with van der Waals surface area (Å²) in [4.78, 5) is 0.226. The number of morpholine rings is 1. The van der Waals surface area contributed by atoms with Crippen LogP contribution in [0.3, 0.4) is 0 Å². The van der Waals surface area contributed by atoms with Crippen molar-refractivity contribution in [2.75, 3.05) is 26.3 Å². The topological polar surface area (TPSA) is 84.7 Å². The van der Waals surface area contributed by atoms with Crippen molar-refractivity contribution < 1.29 is 13.2 Å². The number of nitrogens with two attached hydrogens (primary N) is 1. The van der Waals surface area contributed by atoms with Crippen LogP contribution in [0.25, 0.3) is 0 Å². The van der Waals surface area contributed by atoms with Gasteiger partial charge in [0.2, 0.25) is 0 Å². The van der Waals surface area contributed by atoms with Crippen molar-refractivity contribution in [3.8, 4) is 0 Å². The molecule has 0 aromatic carbocycles. The van der Waals surface area contributed by atoms with Gasteiger partial charge in [-0.1, -0.05) is 12.2 Å². The van der Waals surface area contributed by atoms with Crippen LogP contribution >= 0.6 is 12.2 Å². The van der Waals surface area contributed by atoms with Gasteiger partial charge in [-0.25, -0.2) is 0 Å². The van der Waals surface area contributed by atoms with Gasteiger partial charge in [0.25, 0.3) is 10.2 Å². The highest BCUT2D eigenvalue weighted by Crippen LogP contribution is 2.33. The van der Waals surface area contributed by atoms with E-state index in [2.05, 4.69) is 4.72 Å². The van der Waals surface area contributed by atoms with Gasteiger partial charge >= 0.3 is 0 Å². The van der Waals surface area contributed by atoms with E-state index in [1.165, 1.54) is 4.31 Å². The monoisotopic (exact) mass is 279 g/mol. The molecule has 1 heterocycles. The van der Waals surface area contributed by atoms with Crippen LogP contribution in [-0.4, -0.2) is 50.1 Å². The molecule has 0 bridgehead atoms. The summed E-state index contributed by atoms with van der Waals surface area (Å²) in [7, 11) is -3.50. The summed E-state index contributed by atoms with van der Waals surface area (Å²) in [6, 6.07) is -0.405. The fourth-order valence-electron chi connectivity index (χ4n) is 1.84. The van der Waals surface area contributed by atoms with Gasteiger partial charge in [0.05, 0.1) is 24.2 Å². The number of thiocarbonyl (C=S) groups is 1. The summed E-state index contributed by atoms with van der Waals surface area (Å²) in [6.45, 7) is 1.62. The van der Waals surface area contributed by atoms with E-state index >= 15 is 0 Å². The summed E-state index contributed by atoms with van der Waals surface area (Å²) < 4.78 is 33.3. The Morgan fingerprint density at radius 2 is 2.00 bits per heavy atom. The van der Waals surface area contributed by atoms with Crippen molar-refractivity contribution in [2.45, 2.75) is 18.9 Å². The van der Waals surface area contributed by atoms with Crippen molar-refractivity contribution in [1.29, 1.82) is 0 Å². The standard InChI is InChI=1S/C9H17N3O3S2/c10-9(16)8(7-1-2-7)11-17(13,14)12-3-5-15-6-4-12/h7-8,11H,1-6H2,(H2,10,16). The summed E-state index contributed by atoms with van der Waals surface area (Å²) in [6.07, 6.45) is 1.96. The Bertz CT molecular complexity index is 388. The summed E-state index contributed by atoms with van der Waals surface area (Å²) >= 11 is 4.91. The SMILES string of the molecule is NC(=S)C(NS(=O)(=O)N1CCOCC1)C1CC1. The van der Waals surface area contributed by atoms with Crippen LogP contribution in [0.2, 0.25) is 0 Å². The highest BCUT2D eigenvalue weighted by atomic mass is 32.2. The zero-order chi connectivity index (χ0) is 12.5. The third-order valence-corrected chi connectivity index (χ3v) is 4.84. The minimum absolute atomic E-state index is 0.226. The molecule has 1 saturated carbocycles. The molecule has 3 N–H and O–H groups in total. The molecule has 0 aromatic rings. The van der Waals surface area contributed by atoms with Gasteiger partial charge in [-0.3, -0.25) is 0 Å². The van der Waals surface area contributed by atoms with Gasteiger partial charge in [-0.05, 0) is 18.8 Å². The van der Waals surface area contributed by atoms with Crippen LogP contribution in [0.15, 0.2) is 0 Å². The largest absolute Gasteiger partial charge is 0.392 e. The molecule has 1 aliphatic carbocycles. The quantitative estimate of drug-likeness (QED) is 0.645. The van der Waals surface area contributed by atoms with Crippen molar-refractivity contribution in [1.82, 2.24) is 9.03 Å². The molecule has 8 heteroatoms. The second kappa shape index (κ2) is 5.15. The average Bonchev–Trinajstić information content (AvgIpc) is 3.11. The van der Waals surface area contributed by atoms with Gasteiger partial charge < -0.3 is 10.5 Å². The third-order valence-electron chi connectivity index (χ3n) is 2.99. The van der Waals surface area contributed by atoms with E-state index in [0.29, 0.717) is 26.3 Å². The fourth-order valence-corrected chi connectivity index (χ4v) is 3.58. The molecule has 6 nitrogen and oxygen atoms in total. The number of ether oxygens (including phenoxy) is 1. The van der Waals surface area contributed by atoms with Crippen LogP contribution < -0.4 is 10.5 Å². The molecule has 17 heavy (non-hydrogen) atoms. The van der Waals surface area contributed by atoms with E-state index < -0.39 is 16.3 Å². The highest BCUT2D eigenvalue weighted by Gasteiger charge is 2.37. The van der Waals surface area contributed by atoms with Gasteiger partial charge in [-0.15, -0.1) is 0 Å².